The summed E-state index contributed by atoms with van der Waals surface area (Å²) in [5.74, 6) is 0. The highest BCUT2D eigenvalue weighted by Gasteiger charge is 1.74. The van der Waals surface area contributed by atoms with Crippen LogP contribution >= 0.6 is 0 Å². The fourth-order valence-corrected chi connectivity index (χ4v) is 0.318. The molecule has 46 valence electrons. The first-order valence-corrected chi connectivity index (χ1v) is 2.58. The molecule has 0 saturated heterocycles. The smallest absolute Gasteiger partial charge is 0.107 e. The Kier molecular flexibility index (Phi) is 5.60. The maximum Gasteiger partial charge on any atom is 0.107 e. The Balaban J connectivity index is 2.82. The predicted octanol–water partition coefficient (Wildman–Crippen LogP) is 1.24. The molecule has 0 bridgehead atoms. The van der Waals surface area contributed by atoms with Gasteiger partial charge in [-0.2, -0.15) is 0 Å². The standard InChI is InChI=1S/C6H11NO/c1-3-7-5-6-8-4-2/h3-4H,2,5-6H2,1H3. The molecule has 0 spiro atoms. The minimum absolute atomic E-state index is 0.633. The van der Waals surface area contributed by atoms with Crippen LogP contribution in [0.3, 0.4) is 0 Å². The van der Waals surface area contributed by atoms with E-state index in [0.29, 0.717) is 6.61 Å². The third-order valence-corrected chi connectivity index (χ3v) is 0.639. The molecule has 0 aromatic rings. The molecular formula is C6H11NO. The van der Waals surface area contributed by atoms with Gasteiger partial charge in [-0.05, 0) is 13.1 Å². The zero-order valence-electron chi connectivity index (χ0n) is 5.13. The lowest BCUT2D eigenvalue weighted by atomic mass is 10.7. The fraction of sp³-hybridized carbons (Fsp3) is 0.500. The second-order valence-corrected chi connectivity index (χ2v) is 1.20. The summed E-state index contributed by atoms with van der Waals surface area (Å²) < 4.78 is 4.79. The van der Waals surface area contributed by atoms with Gasteiger partial charge in [0.25, 0.3) is 0 Å². The molecule has 0 N–H and O–H groups in total. The van der Waals surface area contributed by atoms with Crippen molar-refractivity contribution >= 4 is 6.21 Å². The van der Waals surface area contributed by atoms with Crippen LogP contribution < -0.4 is 0 Å². The molecule has 0 saturated carbocycles. The number of rotatable bonds is 4. The normalized spacial score (nSPS) is 9.62. The van der Waals surface area contributed by atoms with Gasteiger partial charge in [0.05, 0.1) is 12.8 Å². The largest absolute Gasteiger partial charge is 0.500 e. The number of hydrogen-bond donors (Lipinski definition) is 0. The van der Waals surface area contributed by atoms with E-state index in [9.17, 15) is 0 Å². The zero-order valence-corrected chi connectivity index (χ0v) is 5.13. The van der Waals surface area contributed by atoms with Crippen LogP contribution in [-0.4, -0.2) is 19.4 Å². The molecule has 0 aliphatic rings. The maximum atomic E-state index is 4.79. The van der Waals surface area contributed by atoms with Gasteiger partial charge in [0.15, 0.2) is 0 Å². The highest BCUT2D eigenvalue weighted by Crippen LogP contribution is 1.73. The van der Waals surface area contributed by atoms with Crippen LogP contribution in [0.5, 0.6) is 0 Å². The summed E-state index contributed by atoms with van der Waals surface area (Å²) >= 11 is 0. The van der Waals surface area contributed by atoms with E-state index in [1.807, 2.05) is 6.92 Å². The molecule has 2 nitrogen and oxygen atoms in total. The first-order valence-electron chi connectivity index (χ1n) is 2.58. The summed E-state index contributed by atoms with van der Waals surface area (Å²) in [4.78, 5) is 3.91. The van der Waals surface area contributed by atoms with Crippen molar-refractivity contribution < 1.29 is 4.74 Å². The Morgan fingerprint density at radius 3 is 3.00 bits per heavy atom. The molecule has 0 fully saturated rings. The fourth-order valence-electron chi connectivity index (χ4n) is 0.318. The first kappa shape index (κ1) is 7.21. The Hall–Kier alpha value is -0.790. The zero-order chi connectivity index (χ0) is 6.24. The number of ether oxygens (including phenoxy) is 1. The molecule has 8 heavy (non-hydrogen) atoms. The van der Waals surface area contributed by atoms with Crippen LogP contribution in [0.4, 0.5) is 0 Å². The molecule has 0 rings (SSSR count). The quantitative estimate of drug-likeness (QED) is 0.305. The molecule has 0 amide bonds. The van der Waals surface area contributed by atoms with E-state index in [2.05, 4.69) is 11.6 Å². The van der Waals surface area contributed by atoms with E-state index in [4.69, 9.17) is 4.74 Å². The van der Waals surface area contributed by atoms with Crippen molar-refractivity contribution in [3.05, 3.63) is 12.8 Å². The van der Waals surface area contributed by atoms with Crippen LogP contribution in [0.2, 0.25) is 0 Å². The molecule has 0 heterocycles. The molecule has 0 radical (unpaired) electrons. The lowest BCUT2D eigenvalue weighted by molar-refractivity contribution is 0.261. The minimum Gasteiger partial charge on any atom is -0.500 e. The maximum absolute atomic E-state index is 4.79. The lowest BCUT2D eigenvalue weighted by Crippen LogP contribution is -1.90. The highest BCUT2D eigenvalue weighted by atomic mass is 16.5. The van der Waals surface area contributed by atoms with Crippen LogP contribution in [0.25, 0.3) is 0 Å². The monoisotopic (exact) mass is 113 g/mol. The van der Waals surface area contributed by atoms with Gasteiger partial charge in [-0.3, -0.25) is 4.99 Å². The molecule has 0 aliphatic heterocycles. The van der Waals surface area contributed by atoms with E-state index in [1.54, 1.807) is 6.21 Å². The molecule has 0 unspecified atom stereocenters. The van der Waals surface area contributed by atoms with Gasteiger partial charge in [0.2, 0.25) is 0 Å². The third-order valence-electron chi connectivity index (χ3n) is 0.639. The van der Waals surface area contributed by atoms with Crippen LogP contribution in [-0.2, 0) is 4.74 Å². The average molecular weight is 113 g/mol. The Labute approximate surface area is 49.9 Å². The topological polar surface area (TPSA) is 21.6 Å². The van der Waals surface area contributed by atoms with Gasteiger partial charge < -0.3 is 4.74 Å². The van der Waals surface area contributed by atoms with E-state index in [0.717, 1.165) is 6.54 Å². The van der Waals surface area contributed by atoms with Crippen LogP contribution in [0.15, 0.2) is 17.8 Å². The number of nitrogens with zero attached hydrogens (tertiary/aromatic N) is 1. The highest BCUT2D eigenvalue weighted by molar-refractivity contribution is 5.53. The van der Waals surface area contributed by atoms with Crippen molar-refractivity contribution in [1.82, 2.24) is 0 Å². The Morgan fingerprint density at radius 1 is 1.75 bits per heavy atom. The third kappa shape index (κ3) is 5.21. The Bertz CT molecular complexity index is 78.6. The van der Waals surface area contributed by atoms with Crippen molar-refractivity contribution in [3.63, 3.8) is 0 Å². The average Bonchev–Trinajstić information content (AvgIpc) is 1.81. The molecule has 0 aromatic heterocycles. The molecular weight excluding hydrogens is 102 g/mol. The van der Waals surface area contributed by atoms with Crippen molar-refractivity contribution in [1.29, 1.82) is 0 Å². The summed E-state index contributed by atoms with van der Waals surface area (Å²) in [5.41, 5.74) is 0. The van der Waals surface area contributed by atoms with Gasteiger partial charge in [0.1, 0.15) is 6.61 Å². The van der Waals surface area contributed by atoms with E-state index >= 15 is 0 Å². The van der Waals surface area contributed by atoms with Gasteiger partial charge in [-0.25, -0.2) is 0 Å². The number of hydrogen-bond acceptors (Lipinski definition) is 2. The van der Waals surface area contributed by atoms with E-state index in [-0.39, 0.29) is 0 Å². The van der Waals surface area contributed by atoms with Gasteiger partial charge in [0, 0.05) is 0 Å². The molecule has 2 heteroatoms. The molecule has 0 aromatic carbocycles. The molecule has 0 aliphatic carbocycles. The summed E-state index contributed by atoms with van der Waals surface area (Å²) in [6.07, 6.45) is 3.18. The summed E-state index contributed by atoms with van der Waals surface area (Å²) in [5, 5.41) is 0. The van der Waals surface area contributed by atoms with Gasteiger partial charge in [-0.15, -0.1) is 0 Å². The summed E-state index contributed by atoms with van der Waals surface area (Å²) in [6.45, 7) is 6.62. The summed E-state index contributed by atoms with van der Waals surface area (Å²) in [7, 11) is 0. The Morgan fingerprint density at radius 2 is 2.50 bits per heavy atom. The van der Waals surface area contributed by atoms with Crippen LogP contribution in [0.1, 0.15) is 6.92 Å². The second-order valence-electron chi connectivity index (χ2n) is 1.20. The van der Waals surface area contributed by atoms with Crippen molar-refractivity contribution in [2.75, 3.05) is 13.2 Å². The lowest BCUT2D eigenvalue weighted by Gasteiger charge is -1.92. The van der Waals surface area contributed by atoms with E-state index in [1.165, 1.54) is 6.26 Å². The van der Waals surface area contributed by atoms with Crippen LogP contribution in [0, 0.1) is 0 Å². The molecule has 0 atom stereocenters. The van der Waals surface area contributed by atoms with Crippen molar-refractivity contribution in [3.8, 4) is 0 Å². The number of aliphatic imine (C=N–C) groups is 1. The van der Waals surface area contributed by atoms with Gasteiger partial charge in [-0.1, -0.05) is 6.58 Å². The van der Waals surface area contributed by atoms with Crippen molar-refractivity contribution in [2.24, 2.45) is 4.99 Å². The minimum atomic E-state index is 0.633. The van der Waals surface area contributed by atoms with Gasteiger partial charge >= 0.3 is 0 Å². The SMILES string of the molecule is C=COCCN=CC. The van der Waals surface area contributed by atoms with Crippen molar-refractivity contribution in [2.45, 2.75) is 6.92 Å². The van der Waals surface area contributed by atoms with E-state index < -0.39 is 0 Å². The summed E-state index contributed by atoms with van der Waals surface area (Å²) in [6, 6.07) is 0. The predicted molar refractivity (Wildman–Crippen MR) is 35.2 cm³/mol. The second kappa shape index (κ2) is 6.21. The first-order chi connectivity index (χ1) is 3.91.